The summed E-state index contributed by atoms with van der Waals surface area (Å²) < 4.78 is 18.9. The first kappa shape index (κ1) is 18.4. The van der Waals surface area contributed by atoms with Crippen molar-refractivity contribution in [2.75, 3.05) is 11.9 Å². The number of hydrogen-bond donors (Lipinski definition) is 1. The largest absolute Gasteiger partial charge is 0.494 e. The van der Waals surface area contributed by atoms with Crippen LogP contribution in [0.15, 0.2) is 48.5 Å². The van der Waals surface area contributed by atoms with E-state index in [9.17, 15) is 4.39 Å². The van der Waals surface area contributed by atoms with E-state index in [1.165, 1.54) is 12.1 Å². The molecule has 0 saturated carbocycles. The van der Waals surface area contributed by atoms with Gasteiger partial charge in [-0.15, -0.1) is 11.3 Å². The molecular formula is C22H20FN3OS. The number of anilines is 2. The molecule has 0 atom stereocenters. The van der Waals surface area contributed by atoms with Gasteiger partial charge in [-0.25, -0.2) is 14.4 Å². The maximum absolute atomic E-state index is 13.4. The fraction of sp³-hybridized carbons (Fsp3) is 0.182. The van der Waals surface area contributed by atoms with Gasteiger partial charge < -0.3 is 10.1 Å². The first-order chi connectivity index (χ1) is 13.5. The van der Waals surface area contributed by atoms with Crippen molar-refractivity contribution in [2.45, 2.75) is 20.8 Å². The molecule has 0 radical (unpaired) electrons. The highest BCUT2D eigenvalue weighted by Gasteiger charge is 2.18. The number of benzene rings is 2. The third-order valence-corrected chi connectivity index (χ3v) is 5.40. The molecule has 2 aromatic carbocycles. The molecule has 4 nitrogen and oxygen atoms in total. The number of aryl methyl sites for hydroxylation is 2. The Morgan fingerprint density at radius 3 is 2.39 bits per heavy atom. The van der Waals surface area contributed by atoms with Gasteiger partial charge in [-0.1, -0.05) is 12.1 Å². The predicted octanol–water partition coefficient (Wildman–Crippen LogP) is 6.26. The Morgan fingerprint density at radius 2 is 1.71 bits per heavy atom. The maximum atomic E-state index is 13.4. The Morgan fingerprint density at radius 1 is 1.00 bits per heavy atom. The Hall–Kier alpha value is -2.99. The van der Waals surface area contributed by atoms with Crippen LogP contribution in [0.5, 0.6) is 5.75 Å². The lowest BCUT2D eigenvalue weighted by Crippen LogP contribution is -1.99. The van der Waals surface area contributed by atoms with Crippen LogP contribution >= 0.6 is 11.3 Å². The lowest BCUT2D eigenvalue weighted by molar-refractivity contribution is 0.340. The number of halogens is 1. The van der Waals surface area contributed by atoms with Crippen LogP contribution in [0, 0.1) is 19.7 Å². The molecule has 0 bridgehead atoms. The number of ether oxygens (including phenoxy) is 1. The van der Waals surface area contributed by atoms with Crippen LogP contribution in [0.25, 0.3) is 21.3 Å². The molecule has 28 heavy (non-hydrogen) atoms. The highest BCUT2D eigenvalue weighted by atomic mass is 32.1. The number of thiophene rings is 1. The number of hydrogen-bond acceptors (Lipinski definition) is 5. The minimum Gasteiger partial charge on any atom is -0.494 e. The first-order valence-corrected chi connectivity index (χ1v) is 9.90. The smallest absolute Gasteiger partial charge is 0.143 e. The van der Waals surface area contributed by atoms with Crippen molar-refractivity contribution >= 4 is 33.1 Å². The lowest BCUT2D eigenvalue weighted by atomic mass is 10.0. The zero-order valence-corrected chi connectivity index (χ0v) is 16.7. The van der Waals surface area contributed by atoms with Crippen molar-refractivity contribution in [3.05, 3.63) is 65.0 Å². The summed E-state index contributed by atoms with van der Waals surface area (Å²) in [7, 11) is 0. The summed E-state index contributed by atoms with van der Waals surface area (Å²) in [5.41, 5.74) is 2.90. The van der Waals surface area contributed by atoms with E-state index in [0.29, 0.717) is 12.4 Å². The van der Waals surface area contributed by atoms with Gasteiger partial charge in [0, 0.05) is 16.1 Å². The fourth-order valence-corrected chi connectivity index (χ4v) is 4.30. The fourth-order valence-electron chi connectivity index (χ4n) is 3.21. The van der Waals surface area contributed by atoms with Crippen molar-refractivity contribution in [2.24, 2.45) is 0 Å². The normalized spacial score (nSPS) is 11.0. The molecule has 4 rings (SSSR count). The van der Waals surface area contributed by atoms with E-state index >= 15 is 0 Å². The van der Waals surface area contributed by atoms with Crippen molar-refractivity contribution in [3.8, 4) is 16.9 Å². The third-order valence-electron chi connectivity index (χ3n) is 4.40. The number of fused-ring (bicyclic) bond motifs is 1. The predicted molar refractivity (Wildman–Crippen MR) is 113 cm³/mol. The molecule has 0 aliphatic carbocycles. The van der Waals surface area contributed by atoms with Crippen molar-refractivity contribution in [1.29, 1.82) is 0 Å². The quantitative estimate of drug-likeness (QED) is 0.435. The second-order valence-electron chi connectivity index (χ2n) is 6.42. The minimum atomic E-state index is -0.249. The van der Waals surface area contributed by atoms with E-state index in [1.54, 1.807) is 23.5 Å². The van der Waals surface area contributed by atoms with E-state index in [-0.39, 0.29) is 5.82 Å². The van der Waals surface area contributed by atoms with E-state index in [0.717, 1.165) is 43.5 Å². The second kappa shape index (κ2) is 7.56. The average Bonchev–Trinajstić information content (AvgIpc) is 3.00. The molecule has 6 heteroatoms. The molecule has 0 amide bonds. The first-order valence-electron chi connectivity index (χ1n) is 9.08. The minimum absolute atomic E-state index is 0.249. The summed E-state index contributed by atoms with van der Waals surface area (Å²) in [5.74, 6) is 2.03. The monoisotopic (exact) mass is 393 g/mol. The second-order valence-corrected chi connectivity index (χ2v) is 7.63. The van der Waals surface area contributed by atoms with Crippen LogP contribution < -0.4 is 10.1 Å². The SMILES string of the molecule is CCOc1ccc(Nc2nc(C)nc3sc(C)c(-c4ccc(F)cc4)c23)cc1. The molecule has 142 valence electrons. The molecule has 2 aromatic heterocycles. The summed E-state index contributed by atoms with van der Waals surface area (Å²) in [6.45, 7) is 6.53. The number of nitrogens with one attached hydrogen (secondary N) is 1. The number of rotatable bonds is 5. The standard InChI is InChI=1S/C22H20FN3OS/c1-4-27-18-11-9-17(10-12-18)26-21-20-19(15-5-7-16(23)8-6-15)13(2)28-22(20)25-14(3)24-21/h5-12H,4H2,1-3H3,(H,24,25,26). The molecule has 0 saturated heterocycles. The Labute approximate surface area is 167 Å². The Bertz CT molecular complexity index is 1120. The van der Waals surface area contributed by atoms with E-state index in [2.05, 4.69) is 22.2 Å². The highest BCUT2D eigenvalue weighted by molar-refractivity contribution is 7.19. The lowest BCUT2D eigenvalue weighted by Gasteiger charge is -2.11. The molecule has 2 heterocycles. The molecule has 1 N–H and O–H groups in total. The van der Waals surface area contributed by atoms with Crippen molar-refractivity contribution in [3.63, 3.8) is 0 Å². The number of nitrogens with zero attached hydrogens (tertiary/aromatic N) is 2. The van der Waals surface area contributed by atoms with Crippen LogP contribution in [-0.2, 0) is 0 Å². The van der Waals surface area contributed by atoms with Gasteiger partial charge in [-0.05, 0) is 62.7 Å². The molecule has 0 fully saturated rings. The van der Waals surface area contributed by atoms with Crippen LogP contribution in [0.4, 0.5) is 15.9 Å². The van der Waals surface area contributed by atoms with Gasteiger partial charge in [0.1, 0.15) is 28.0 Å². The van der Waals surface area contributed by atoms with Gasteiger partial charge in [0.25, 0.3) is 0 Å². The van der Waals surface area contributed by atoms with Crippen molar-refractivity contribution < 1.29 is 9.13 Å². The molecule has 0 aliphatic heterocycles. The van der Waals surface area contributed by atoms with Gasteiger partial charge in [-0.3, -0.25) is 0 Å². The molecule has 0 aliphatic rings. The number of aromatic nitrogens is 2. The van der Waals surface area contributed by atoms with Crippen molar-refractivity contribution in [1.82, 2.24) is 9.97 Å². The zero-order valence-electron chi connectivity index (χ0n) is 15.9. The van der Waals surface area contributed by atoms with Gasteiger partial charge >= 0.3 is 0 Å². The Balaban J connectivity index is 1.82. The topological polar surface area (TPSA) is 47.0 Å². The van der Waals surface area contributed by atoms with Gasteiger partial charge in [0.05, 0.1) is 12.0 Å². The van der Waals surface area contributed by atoms with E-state index < -0.39 is 0 Å². The average molecular weight is 393 g/mol. The summed E-state index contributed by atoms with van der Waals surface area (Å²) in [6, 6.07) is 14.3. The third kappa shape index (κ3) is 3.55. The maximum Gasteiger partial charge on any atom is 0.143 e. The van der Waals surface area contributed by atoms with Gasteiger partial charge in [0.15, 0.2) is 0 Å². The highest BCUT2D eigenvalue weighted by Crippen LogP contribution is 2.41. The molecule has 4 aromatic rings. The molecule has 0 spiro atoms. The van der Waals surface area contributed by atoms with Crippen LogP contribution in [0.3, 0.4) is 0 Å². The van der Waals surface area contributed by atoms with E-state index in [4.69, 9.17) is 4.74 Å². The molecule has 0 unspecified atom stereocenters. The Kier molecular flexibility index (Phi) is 4.96. The molecular weight excluding hydrogens is 373 g/mol. The van der Waals surface area contributed by atoms with E-state index in [1.807, 2.05) is 38.1 Å². The van der Waals surface area contributed by atoms with Gasteiger partial charge in [0.2, 0.25) is 0 Å². The summed E-state index contributed by atoms with van der Waals surface area (Å²) in [5, 5.41) is 4.37. The zero-order chi connectivity index (χ0) is 19.7. The summed E-state index contributed by atoms with van der Waals surface area (Å²) in [6.07, 6.45) is 0. The van der Waals surface area contributed by atoms with Gasteiger partial charge in [-0.2, -0.15) is 0 Å². The summed E-state index contributed by atoms with van der Waals surface area (Å²) >= 11 is 1.62. The summed E-state index contributed by atoms with van der Waals surface area (Å²) in [4.78, 5) is 11.3. The van der Waals surface area contributed by atoms with Crippen LogP contribution in [-0.4, -0.2) is 16.6 Å². The van der Waals surface area contributed by atoms with Crippen LogP contribution in [0.1, 0.15) is 17.6 Å². The van der Waals surface area contributed by atoms with Crippen LogP contribution in [0.2, 0.25) is 0 Å².